The number of likely N-dealkylation sites (N-methyl/N-ethyl adjacent to an activating group) is 2. The first-order valence-electron chi connectivity index (χ1n) is 15.2. The average Bonchev–Trinajstić information content (AvgIpc) is 3.75. The Balaban J connectivity index is 1.54. The fourth-order valence-electron chi connectivity index (χ4n) is 6.58. The van der Waals surface area contributed by atoms with E-state index in [4.69, 9.17) is 21.8 Å². The van der Waals surface area contributed by atoms with Crippen molar-refractivity contribution in [1.82, 2.24) is 19.8 Å². The second kappa shape index (κ2) is 13.0. The van der Waals surface area contributed by atoms with E-state index < -0.39 is 35.7 Å². The number of amides is 1. The van der Waals surface area contributed by atoms with Crippen LogP contribution in [0.15, 0.2) is 36.9 Å². The van der Waals surface area contributed by atoms with Crippen LogP contribution in [0.5, 0.6) is 6.01 Å². The van der Waals surface area contributed by atoms with Crippen LogP contribution < -0.4 is 15.4 Å². The summed E-state index contributed by atoms with van der Waals surface area (Å²) in [6, 6.07) is 3.08. The summed E-state index contributed by atoms with van der Waals surface area (Å²) in [5, 5.41) is -0.125. The summed E-state index contributed by atoms with van der Waals surface area (Å²) in [6.45, 7) is 11.6. The van der Waals surface area contributed by atoms with Gasteiger partial charge in [-0.25, -0.2) is 13.6 Å². The molecule has 1 amide bonds. The van der Waals surface area contributed by atoms with Gasteiger partial charge in [-0.05, 0) is 48.9 Å². The number of nitrogen functional groups attached to an aromatic ring is 1. The molecule has 2 aliphatic rings. The second-order valence-electron chi connectivity index (χ2n) is 12.1. The molecule has 2 N–H and O–H groups in total. The largest absolute Gasteiger partial charge is 0.462 e. The standard InChI is InChI=1S/C33H32F5N7O3S/c1-6-26(46)45-13-23(35)25(14-45)44(4)31-20-10-21(33(36,37)38)19(18-7-8-22(34)29-27(18)28(40-2)30(39)49-29)11-24(20)41-32(42-31)48-15-16-9-17(47-5)12-43(16)3/h6-8,10-11,16-17,23,25H,1,9,12-15,39H2,3-5H3. The Morgan fingerprint density at radius 3 is 2.65 bits per heavy atom. The van der Waals surface area contributed by atoms with Crippen LogP contribution in [0.4, 0.5) is 38.5 Å². The molecule has 2 aromatic carbocycles. The maximum Gasteiger partial charge on any atom is 0.417 e. The number of fused-ring (bicyclic) bond motifs is 2. The number of benzene rings is 2. The number of thiophene rings is 1. The molecule has 258 valence electrons. The predicted molar refractivity (Wildman–Crippen MR) is 177 cm³/mol. The lowest BCUT2D eigenvalue weighted by Gasteiger charge is -2.28. The molecule has 0 radical (unpaired) electrons. The fourth-order valence-corrected chi connectivity index (χ4v) is 7.52. The van der Waals surface area contributed by atoms with Crippen molar-refractivity contribution in [3.05, 3.63) is 59.7 Å². The third-order valence-electron chi connectivity index (χ3n) is 9.22. The maximum absolute atomic E-state index is 15.4. The van der Waals surface area contributed by atoms with Crippen molar-refractivity contribution >= 4 is 54.7 Å². The van der Waals surface area contributed by atoms with Gasteiger partial charge in [-0.2, -0.15) is 23.1 Å². The van der Waals surface area contributed by atoms with Crippen molar-refractivity contribution in [2.75, 3.05) is 58.1 Å². The summed E-state index contributed by atoms with van der Waals surface area (Å²) in [5.74, 6) is -1.25. The van der Waals surface area contributed by atoms with Crippen molar-refractivity contribution in [3.63, 3.8) is 0 Å². The number of carbonyl (C=O) groups is 1. The van der Waals surface area contributed by atoms with Gasteiger partial charge in [0.25, 0.3) is 0 Å². The highest BCUT2D eigenvalue weighted by atomic mass is 32.1. The number of hydrogen-bond donors (Lipinski definition) is 1. The molecule has 4 heterocycles. The molecule has 0 aliphatic carbocycles. The van der Waals surface area contributed by atoms with E-state index in [1.807, 2.05) is 7.05 Å². The number of anilines is 2. The van der Waals surface area contributed by atoms with E-state index in [0.717, 1.165) is 29.5 Å². The highest BCUT2D eigenvalue weighted by Gasteiger charge is 2.40. The molecule has 2 aliphatic heterocycles. The Morgan fingerprint density at radius 1 is 1.24 bits per heavy atom. The molecular formula is C33H32F5N7O3S. The van der Waals surface area contributed by atoms with Crippen molar-refractivity contribution < 1.29 is 36.2 Å². The van der Waals surface area contributed by atoms with Crippen LogP contribution in [-0.2, 0) is 15.7 Å². The van der Waals surface area contributed by atoms with E-state index in [0.29, 0.717) is 13.0 Å². The van der Waals surface area contributed by atoms with Crippen molar-refractivity contribution in [2.24, 2.45) is 0 Å². The zero-order chi connectivity index (χ0) is 35.4. The van der Waals surface area contributed by atoms with Crippen LogP contribution in [0.25, 0.3) is 37.0 Å². The van der Waals surface area contributed by atoms with Gasteiger partial charge in [0.15, 0.2) is 0 Å². The topological polar surface area (TPSA) is 101 Å². The lowest BCUT2D eigenvalue weighted by atomic mass is 9.94. The van der Waals surface area contributed by atoms with Crippen LogP contribution in [0.2, 0.25) is 0 Å². The van der Waals surface area contributed by atoms with Crippen LogP contribution in [0.3, 0.4) is 0 Å². The summed E-state index contributed by atoms with van der Waals surface area (Å²) in [6.07, 6.45) is -4.75. The van der Waals surface area contributed by atoms with E-state index >= 15 is 4.39 Å². The third-order valence-corrected chi connectivity index (χ3v) is 10.2. The van der Waals surface area contributed by atoms with Gasteiger partial charge in [-0.1, -0.05) is 12.6 Å². The molecule has 4 atom stereocenters. The molecule has 4 aromatic rings. The summed E-state index contributed by atoms with van der Waals surface area (Å²) in [4.78, 5) is 29.4. The SMILES string of the molecule is [C-]#[N+]c1c(N)sc2c(F)ccc(-c3cc4nc(OCC5CC(OC)CN5C)nc(N(C)C5CN(C(=O)C=C)CC5F)c4cc3C(F)(F)F)c12. The van der Waals surface area contributed by atoms with Gasteiger partial charge in [-0.3, -0.25) is 9.69 Å². The monoisotopic (exact) mass is 701 g/mol. The highest BCUT2D eigenvalue weighted by molar-refractivity contribution is 7.23. The van der Waals surface area contributed by atoms with Crippen molar-refractivity contribution in [1.29, 1.82) is 0 Å². The van der Waals surface area contributed by atoms with Crippen LogP contribution >= 0.6 is 11.3 Å². The number of likely N-dealkylation sites (tertiary alicyclic amines) is 2. The summed E-state index contributed by atoms with van der Waals surface area (Å²) in [7, 11) is 5.02. The van der Waals surface area contributed by atoms with Gasteiger partial charge in [0.05, 0.1) is 46.0 Å². The Labute approximate surface area is 282 Å². The smallest absolute Gasteiger partial charge is 0.417 e. The number of halogens is 5. The summed E-state index contributed by atoms with van der Waals surface area (Å²) < 4.78 is 86.5. The van der Waals surface area contributed by atoms with Crippen LogP contribution in [0.1, 0.15) is 12.0 Å². The molecule has 6 rings (SSSR count). The minimum atomic E-state index is -4.93. The van der Waals surface area contributed by atoms with Gasteiger partial charge < -0.3 is 25.0 Å². The van der Waals surface area contributed by atoms with E-state index in [9.17, 15) is 22.4 Å². The second-order valence-corrected chi connectivity index (χ2v) is 13.2. The summed E-state index contributed by atoms with van der Waals surface area (Å²) >= 11 is 0.776. The molecule has 0 spiro atoms. The number of nitrogens with two attached hydrogens (primary N) is 1. The molecule has 2 saturated heterocycles. The molecule has 2 aromatic heterocycles. The molecule has 0 bridgehead atoms. The molecule has 49 heavy (non-hydrogen) atoms. The molecule has 0 saturated carbocycles. The highest BCUT2D eigenvalue weighted by Crippen LogP contribution is 2.49. The first-order valence-corrected chi connectivity index (χ1v) is 16.0. The van der Waals surface area contributed by atoms with E-state index in [1.165, 1.54) is 29.0 Å². The number of aromatic nitrogens is 2. The van der Waals surface area contributed by atoms with Crippen molar-refractivity contribution in [3.8, 4) is 17.1 Å². The van der Waals surface area contributed by atoms with Crippen molar-refractivity contribution in [2.45, 2.75) is 37.0 Å². The van der Waals surface area contributed by atoms with E-state index in [2.05, 4.69) is 26.3 Å². The summed E-state index contributed by atoms with van der Waals surface area (Å²) in [5.41, 5.74) is 4.34. The maximum atomic E-state index is 15.4. The lowest BCUT2D eigenvalue weighted by molar-refractivity contribution is -0.137. The number of nitrogens with zero attached hydrogens (tertiary/aromatic N) is 6. The van der Waals surface area contributed by atoms with E-state index in [1.54, 1.807) is 7.11 Å². The minimum absolute atomic E-state index is 0.00901. The molecule has 4 unspecified atom stereocenters. The Bertz CT molecular complexity index is 2000. The number of rotatable bonds is 8. The lowest BCUT2D eigenvalue weighted by Crippen LogP contribution is -2.40. The fraction of sp³-hybridized carbons (Fsp3) is 0.394. The normalized spacial score (nSPS) is 21.4. The molecule has 10 nitrogen and oxygen atoms in total. The minimum Gasteiger partial charge on any atom is -0.462 e. The predicted octanol–water partition coefficient (Wildman–Crippen LogP) is 6.07. The zero-order valence-corrected chi connectivity index (χ0v) is 27.5. The van der Waals surface area contributed by atoms with E-state index in [-0.39, 0.29) is 86.5 Å². The number of methoxy groups -OCH3 is 1. The first kappa shape index (κ1) is 34.3. The first-order chi connectivity index (χ1) is 23.2. The third kappa shape index (κ3) is 6.22. The van der Waals surface area contributed by atoms with Crippen LogP contribution in [-0.4, -0.2) is 97.5 Å². The number of hydrogen-bond acceptors (Lipinski definition) is 9. The molecule has 16 heteroatoms. The number of carbonyl (C=O) groups excluding carboxylic acids is 1. The average molecular weight is 702 g/mol. The number of alkyl halides is 4. The van der Waals surface area contributed by atoms with Gasteiger partial charge >= 0.3 is 12.2 Å². The Kier molecular flexibility index (Phi) is 9.12. The number of ether oxygens (including phenoxy) is 2. The van der Waals surface area contributed by atoms with Gasteiger partial charge in [0.2, 0.25) is 11.6 Å². The zero-order valence-electron chi connectivity index (χ0n) is 26.7. The van der Waals surface area contributed by atoms with Gasteiger partial charge in [-0.15, -0.1) is 11.3 Å². The Hall–Kier alpha value is -4.59. The Morgan fingerprint density at radius 2 is 2.00 bits per heavy atom. The van der Waals surface area contributed by atoms with Crippen LogP contribution in [0, 0.1) is 12.4 Å². The van der Waals surface area contributed by atoms with Gasteiger partial charge in [0.1, 0.15) is 24.4 Å². The molecular weight excluding hydrogens is 669 g/mol. The quantitative estimate of drug-likeness (QED) is 0.134. The molecule has 2 fully saturated rings. The van der Waals surface area contributed by atoms with Gasteiger partial charge in [0, 0.05) is 44.1 Å².